The Bertz CT molecular complexity index is 537. The van der Waals surface area contributed by atoms with Crippen LogP contribution in [-0.2, 0) is 24.0 Å². The second-order valence-corrected chi connectivity index (χ2v) is 6.01. The first-order chi connectivity index (χ1) is 12.0. The molecule has 0 saturated carbocycles. The second kappa shape index (κ2) is 11.8. The molecule has 0 rings (SSSR count). The van der Waals surface area contributed by atoms with Crippen molar-refractivity contribution in [3.05, 3.63) is 0 Å². The Kier molecular flexibility index (Phi) is 10.6. The lowest BCUT2D eigenvalue weighted by atomic mass is 10.1. The van der Waals surface area contributed by atoms with Crippen LogP contribution in [0.1, 0.15) is 47.0 Å². The van der Waals surface area contributed by atoms with E-state index in [0.29, 0.717) is 25.8 Å². The van der Waals surface area contributed by atoms with Gasteiger partial charge in [-0.3, -0.25) is 19.2 Å². The monoisotopic (exact) mass is 371 g/mol. The van der Waals surface area contributed by atoms with E-state index in [2.05, 4.69) is 21.3 Å². The summed E-state index contributed by atoms with van der Waals surface area (Å²) in [4.78, 5) is 56.8. The van der Waals surface area contributed by atoms with Crippen molar-refractivity contribution >= 4 is 29.6 Å². The summed E-state index contributed by atoms with van der Waals surface area (Å²) in [6.45, 7) is 5.79. The number of carbonyl (C=O) groups excluding carboxylic acids is 5. The highest BCUT2D eigenvalue weighted by Crippen LogP contribution is 2.02. The van der Waals surface area contributed by atoms with E-state index in [1.807, 2.05) is 0 Å². The van der Waals surface area contributed by atoms with E-state index >= 15 is 0 Å². The zero-order chi connectivity index (χ0) is 20.3. The molecule has 4 amide bonds. The van der Waals surface area contributed by atoms with E-state index in [-0.39, 0.29) is 5.91 Å². The fourth-order valence-electron chi connectivity index (χ4n) is 2.03. The van der Waals surface area contributed by atoms with Gasteiger partial charge in [0, 0.05) is 20.4 Å². The molecule has 148 valence electrons. The number of amides is 4. The van der Waals surface area contributed by atoms with E-state index in [1.54, 1.807) is 0 Å². The fraction of sp³-hybridized carbons (Fsp3) is 0.688. The molecule has 0 aromatic rings. The maximum Gasteiger partial charge on any atom is 0.243 e. The van der Waals surface area contributed by atoms with Gasteiger partial charge in [0.25, 0.3) is 0 Å². The highest BCUT2D eigenvalue weighted by molar-refractivity contribution is 5.92. The Hall–Kier alpha value is -2.65. The van der Waals surface area contributed by atoms with Gasteiger partial charge in [0.05, 0.1) is 12.0 Å². The Labute approximate surface area is 152 Å². The molecular formula is C16H27N4O6-. The average molecular weight is 371 g/mol. The summed E-state index contributed by atoms with van der Waals surface area (Å²) < 4.78 is 0. The van der Waals surface area contributed by atoms with E-state index in [4.69, 9.17) is 0 Å². The molecule has 0 fully saturated rings. The molecule has 4 N–H and O–H groups in total. The molecule has 0 aromatic carbocycles. The van der Waals surface area contributed by atoms with Crippen molar-refractivity contribution in [1.29, 1.82) is 0 Å². The molecule has 0 aromatic heterocycles. The maximum absolute atomic E-state index is 12.3. The number of carboxylic acids is 1. The third kappa shape index (κ3) is 10.3. The number of unbranched alkanes of at least 4 members (excludes halogenated alkanes) is 1. The van der Waals surface area contributed by atoms with Gasteiger partial charge in [0.15, 0.2) is 0 Å². The van der Waals surface area contributed by atoms with Gasteiger partial charge >= 0.3 is 0 Å². The Balaban J connectivity index is 4.56. The van der Waals surface area contributed by atoms with Crippen molar-refractivity contribution in [2.45, 2.75) is 65.1 Å². The third-order valence-electron chi connectivity index (χ3n) is 3.45. The van der Waals surface area contributed by atoms with Crippen molar-refractivity contribution in [3.8, 4) is 0 Å². The Morgan fingerprint density at radius 1 is 0.808 bits per heavy atom. The van der Waals surface area contributed by atoms with Gasteiger partial charge in [-0.2, -0.15) is 0 Å². The van der Waals surface area contributed by atoms with Crippen molar-refractivity contribution < 1.29 is 29.1 Å². The van der Waals surface area contributed by atoms with Crippen LogP contribution < -0.4 is 26.4 Å². The number of nitrogens with one attached hydrogen (secondary N) is 4. The van der Waals surface area contributed by atoms with Crippen molar-refractivity contribution in [2.24, 2.45) is 0 Å². The summed E-state index contributed by atoms with van der Waals surface area (Å²) in [6, 6.07) is -3.01. The van der Waals surface area contributed by atoms with Crippen LogP contribution in [0.3, 0.4) is 0 Å². The zero-order valence-electron chi connectivity index (χ0n) is 15.5. The summed E-state index contributed by atoms with van der Waals surface area (Å²) in [5.74, 6) is -3.21. The van der Waals surface area contributed by atoms with Crippen LogP contribution in [-0.4, -0.2) is 54.3 Å². The van der Waals surface area contributed by atoms with Crippen LogP contribution in [0.25, 0.3) is 0 Å². The quantitative estimate of drug-likeness (QED) is 0.296. The first-order valence-electron chi connectivity index (χ1n) is 8.37. The highest BCUT2D eigenvalue weighted by Gasteiger charge is 2.24. The van der Waals surface area contributed by atoms with Gasteiger partial charge in [0.1, 0.15) is 12.1 Å². The van der Waals surface area contributed by atoms with Crippen LogP contribution in [0, 0.1) is 0 Å². The van der Waals surface area contributed by atoms with Gasteiger partial charge in [-0.05, 0) is 33.1 Å². The molecule has 10 heteroatoms. The predicted molar refractivity (Wildman–Crippen MR) is 90.4 cm³/mol. The van der Waals surface area contributed by atoms with E-state index in [0.717, 1.165) is 0 Å². The summed E-state index contributed by atoms with van der Waals surface area (Å²) in [5.41, 5.74) is 0. The Morgan fingerprint density at radius 2 is 1.38 bits per heavy atom. The lowest BCUT2D eigenvalue weighted by Crippen LogP contribution is -2.55. The molecule has 0 aliphatic heterocycles. The molecule has 0 aliphatic carbocycles. The second-order valence-electron chi connectivity index (χ2n) is 6.01. The van der Waals surface area contributed by atoms with Crippen molar-refractivity contribution in [3.63, 3.8) is 0 Å². The minimum Gasteiger partial charge on any atom is -0.548 e. The Morgan fingerprint density at radius 3 is 1.88 bits per heavy atom. The smallest absolute Gasteiger partial charge is 0.243 e. The molecule has 10 nitrogen and oxygen atoms in total. The largest absolute Gasteiger partial charge is 0.548 e. The summed E-state index contributed by atoms with van der Waals surface area (Å²) in [5, 5.41) is 20.4. The molecule has 0 spiro atoms. The summed E-state index contributed by atoms with van der Waals surface area (Å²) >= 11 is 0. The minimum absolute atomic E-state index is 0.146. The molecular weight excluding hydrogens is 344 g/mol. The number of rotatable bonds is 11. The van der Waals surface area contributed by atoms with Gasteiger partial charge in [0.2, 0.25) is 23.6 Å². The van der Waals surface area contributed by atoms with E-state index in [9.17, 15) is 29.1 Å². The van der Waals surface area contributed by atoms with E-state index in [1.165, 1.54) is 27.7 Å². The van der Waals surface area contributed by atoms with Crippen molar-refractivity contribution in [2.75, 3.05) is 6.54 Å². The topological polar surface area (TPSA) is 157 Å². The van der Waals surface area contributed by atoms with Gasteiger partial charge in [-0.1, -0.05) is 0 Å². The molecule has 0 heterocycles. The fourth-order valence-corrected chi connectivity index (χ4v) is 2.03. The van der Waals surface area contributed by atoms with Crippen LogP contribution in [0.15, 0.2) is 0 Å². The normalized spacial score (nSPS) is 13.7. The molecule has 0 aliphatic rings. The zero-order valence-corrected chi connectivity index (χ0v) is 15.5. The molecule has 0 bridgehead atoms. The number of hydrogen-bond donors (Lipinski definition) is 4. The van der Waals surface area contributed by atoms with Gasteiger partial charge < -0.3 is 31.2 Å². The third-order valence-corrected chi connectivity index (χ3v) is 3.45. The van der Waals surface area contributed by atoms with Crippen LogP contribution in [0.5, 0.6) is 0 Å². The predicted octanol–water partition coefficient (Wildman–Crippen LogP) is -2.44. The van der Waals surface area contributed by atoms with Gasteiger partial charge in [-0.15, -0.1) is 0 Å². The molecule has 3 atom stereocenters. The molecule has 0 radical (unpaired) electrons. The standard InChI is InChI=1S/C16H28N4O6/c1-9(14(23)19-10(2)16(25)26)18-15(24)13(20-12(4)22)7-5-6-8-17-11(3)21/h9-10,13H,5-8H2,1-4H3,(H,17,21)(H,18,24)(H,19,23)(H,20,22)(H,25,26)/p-1/t9-,10+,13-/m0/s1. The lowest BCUT2D eigenvalue weighted by molar-refractivity contribution is -0.307. The number of aliphatic carboxylic acids is 1. The first kappa shape index (κ1) is 23.4. The summed E-state index contributed by atoms with van der Waals surface area (Å²) in [7, 11) is 0. The summed E-state index contributed by atoms with van der Waals surface area (Å²) in [6.07, 6.45) is 1.53. The molecule has 0 saturated heterocycles. The van der Waals surface area contributed by atoms with E-state index < -0.39 is 41.8 Å². The SMILES string of the molecule is CC(=O)NCCCC[C@H](NC(C)=O)C(=O)N[C@@H](C)C(=O)N[C@H](C)C(=O)[O-]. The van der Waals surface area contributed by atoms with Gasteiger partial charge in [-0.25, -0.2) is 0 Å². The maximum atomic E-state index is 12.3. The van der Waals surface area contributed by atoms with Crippen molar-refractivity contribution in [1.82, 2.24) is 21.3 Å². The number of carboxylic acid groups (broad SMARTS) is 1. The highest BCUT2D eigenvalue weighted by atomic mass is 16.4. The molecule has 26 heavy (non-hydrogen) atoms. The lowest BCUT2D eigenvalue weighted by Gasteiger charge is -2.22. The average Bonchev–Trinajstić information content (AvgIpc) is 2.52. The molecule has 0 unspecified atom stereocenters. The van der Waals surface area contributed by atoms with Crippen LogP contribution in [0.4, 0.5) is 0 Å². The first-order valence-corrected chi connectivity index (χ1v) is 8.37. The van der Waals surface area contributed by atoms with Crippen LogP contribution >= 0.6 is 0 Å². The number of carbonyl (C=O) groups is 5. The van der Waals surface area contributed by atoms with Crippen LogP contribution in [0.2, 0.25) is 0 Å². The number of hydrogen-bond acceptors (Lipinski definition) is 6. The minimum atomic E-state index is -1.44.